The van der Waals surface area contributed by atoms with Crippen LogP contribution in [0.25, 0.3) is 11.1 Å². The van der Waals surface area contributed by atoms with Crippen molar-refractivity contribution in [2.45, 2.75) is 42.9 Å². The maximum Gasteiger partial charge on any atom is 0.389 e. The Balaban J connectivity index is 1.86. The number of ether oxygens (including phenoxy) is 1. The maximum atomic E-state index is 13.4. The van der Waals surface area contributed by atoms with E-state index >= 15 is 0 Å². The summed E-state index contributed by atoms with van der Waals surface area (Å²) in [6, 6.07) is 5.81. The van der Waals surface area contributed by atoms with Gasteiger partial charge in [0.1, 0.15) is 5.82 Å². The molecule has 3 rings (SSSR count). The lowest BCUT2D eigenvalue weighted by Crippen LogP contribution is -2.39. The molecule has 0 radical (unpaired) electrons. The summed E-state index contributed by atoms with van der Waals surface area (Å²) >= 11 is 1.09. The summed E-state index contributed by atoms with van der Waals surface area (Å²) in [5, 5.41) is 0.335. The predicted molar refractivity (Wildman–Crippen MR) is 114 cm³/mol. The Bertz CT molecular complexity index is 986. The lowest BCUT2D eigenvalue weighted by Gasteiger charge is -2.33. The average molecular weight is 486 g/mol. The Labute approximate surface area is 192 Å². The molecule has 0 bridgehead atoms. The van der Waals surface area contributed by atoms with E-state index in [1.54, 1.807) is 18.3 Å². The minimum absolute atomic E-state index is 0.0125. The minimum Gasteiger partial charge on any atom is -0.468 e. The zero-order valence-corrected chi connectivity index (χ0v) is 18.7. The summed E-state index contributed by atoms with van der Waals surface area (Å²) in [6.07, 6.45) is -3.27. The number of thioether (sulfide) groups is 1. The molecule has 1 aromatic carbocycles. The summed E-state index contributed by atoms with van der Waals surface area (Å²) in [5.74, 6) is -1.61. The molecule has 0 unspecified atom stereocenters. The van der Waals surface area contributed by atoms with Gasteiger partial charge in [-0.1, -0.05) is 23.9 Å². The van der Waals surface area contributed by atoms with E-state index < -0.39 is 36.7 Å². The van der Waals surface area contributed by atoms with Gasteiger partial charge in [-0.05, 0) is 30.5 Å². The molecule has 33 heavy (non-hydrogen) atoms. The smallest absolute Gasteiger partial charge is 0.389 e. The molecule has 2 aromatic rings. The maximum absolute atomic E-state index is 13.4. The van der Waals surface area contributed by atoms with Crippen molar-refractivity contribution in [3.8, 4) is 11.1 Å². The van der Waals surface area contributed by atoms with Gasteiger partial charge in [0.05, 0.1) is 25.0 Å². The van der Waals surface area contributed by atoms with Crippen LogP contribution in [0.2, 0.25) is 0 Å². The highest BCUT2D eigenvalue weighted by Gasteiger charge is 2.32. The number of likely N-dealkylation sites (tertiary alicyclic amines) is 1. The number of amides is 1. The van der Waals surface area contributed by atoms with E-state index in [2.05, 4.69) is 14.7 Å². The van der Waals surface area contributed by atoms with Gasteiger partial charge in [-0.2, -0.15) is 13.2 Å². The molecule has 1 aliphatic rings. The lowest BCUT2D eigenvalue weighted by molar-refractivity contribution is -0.149. The Morgan fingerprint density at radius 3 is 2.64 bits per heavy atom. The summed E-state index contributed by atoms with van der Waals surface area (Å²) in [7, 11) is 1.28. The van der Waals surface area contributed by atoms with Crippen molar-refractivity contribution in [1.82, 2.24) is 14.9 Å². The first kappa shape index (κ1) is 24.9. The third-order valence-electron chi connectivity index (χ3n) is 5.28. The normalized spacial score (nSPS) is 16.5. The van der Waals surface area contributed by atoms with Crippen molar-refractivity contribution in [2.75, 3.05) is 26.0 Å². The van der Waals surface area contributed by atoms with E-state index in [1.807, 2.05) is 0 Å². The molecule has 178 valence electrons. The first-order valence-electron chi connectivity index (χ1n) is 10.3. The minimum atomic E-state index is -4.39. The molecule has 0 aliphatic carbocycles. The summed E-state index contributed by atoms with van der Waals surface area (Å²) < 4.78 is 55.7. The zero-order chi connectivity index (χ0) is 24.0. The van der Waals surface area contributed by atoms with Crippen molar-refractivity contribution in [1.29, 1.82) is 0 Å². The second-order valence-corrected chi connectivity index (χ2v) is 8.56. The predicted octanol–water partition coefficient (Wildman–Crippen LogP) is 4.60. The highest BCUT2D eigenvalue weighted by molar-refractivity contribution is 7.99. The Hall–Kier alpha value is -2.69. The van der Waals surface area contributed by atoms with E-state index in [-0.39, 0.29) is 18.2 Å². The molecule has 1 amide bonds. The van der Waals surface area contributed by atoms with E-state index in [4.69, 9.17) is 0 Å². The fraction of sp³-hybridized carbons (Fsp3) is 0.455. The van der Waals surface area contributed by atoms with E-state index in [1.165, 1.54) is 24.1 Å². The Kier molecular flexibility index (Phi) is 8.28. The molecule has 6 nitrogen and oxygen atoms in total. The number of benzene rings is 1. The fourth-order valence-electron chi connectivity index (χ4n) is 3.63. The van der Waals surface area contributed by atoms with Gasteiger partial charge >= 0.3 is 12.1 Å². The van der Waals surface area contributed by atoms with Crippen molar-refractivity contribution < 1.29 is 31.9 Å². The number of nitrogens with zero attached hydrogens (tertiary/aromatic N) is 3. The van der Waals surface area contributed by atoms with Crippen molar-refractivity contribution in [3.63, 3.8) is 0 Å². The van der Waals surface area contributed by atoms with Crippen LogP contribution in [0.4, 0.5) is 17.6 Å². The monoisotopic (exact) mass is 485 g/mol. The number of esters is 1. The molecule has 0 spiro atoms. The standard InChI is InChI=1S/C22H23F4N3O3S/c1-32-19(31)13-33-21-27-11-17(14-4-6-16(23)7-5-14)20(28-21)15-3-2-10-29(12-15)18(30)8-9-22(24,25)26/h4-7,11,15H,2-3,8-10,12-13H2,1H3/t15-/m0/s1. The second kappa shape index (κ2) is 11.0. The Morgan fingerprint density at radius 1 is 1.24 bits per heavy atom. The third kappa shape index (κ3) is 7.15. The number of carbonyl (C=O) groups excluding carboxylic acids is 2. The first-order chi connectivity index (χ1) is 15.7. The topological polar surface area (TPSA) is 72.4 Å². The molecule has 1 aromatic heterocycles. The van der Waals surface area contributed by atoms with Crippen LogP contribution in [0.3, 0.4) is 0 Å². The molecule has 1 atom stereocenters. The van der Waals surface area contributed by atoms with Crippen LogP contribution < -0.4 is 0 Å². The van der Waals surface area contributed by atoms with Crippen LogP contribution in [0.15, 0.2) is 35.6 Å². The number of rotatable bonds is 7. The van der Waals surface area contributed by atoms with Crippen LogP contribution in [0, 0.1) is 5.82 Å². The molecular weight excluding hydrogens is 462 g/mol. The van der Waals surface area contributed by atoms with Crippen LogP contribution in [0.5, 0.6) is 0 Å². The van der Waals surface area contributed by atoms with Crippen LogP contribution in [-0.4, -0.2) is 58.9 Å². The first-order valence-corrected chi connectivity index (χ1v) is 11.3. The number of aromatic nitrogens is 2. The van der Waals surface area contributed by atoms with Gasteiger partial charge in [0, 0.05) is 37.2 Å². The van der Waals surface area contributed by atoms with Gasteiger partial charge < -0.3 is 9.64 Å². The lowest BCUT2D eigenvalue weighted by atomic mass is 9.90. The summed E-state index contributed by atoms with van der Waals surface area (Å²) in [4.78, 5) is 34.2. The van der Waals surface area contributed by atoms with Crippen molar-refractivity contribution >= 4 is 23.6 Å². The number of methoxy groups -OCH3 is 1. The number of hydrogen-bond donors (Lipinski definition) is 0. The van der Waals surface area contributed by atoms with Crippen LogP contribution in [0.1, 0.15) is 37.3 Å². The van der Waals surface area contributed by atoms with Gasteiger partial charge in [-0.3, -0.25) is 9.59 Å². The molecule has 2 heterocycles. The van der Waals surface area contributed by atoms with Crippen LogP contribution >= 0.6 is 11.8 Å². The van der Waals surface area contributed by atoms with Gasteiger partial charge in [0.15, 0.2) is 5.16 Å². The van der Waals surface area contributed by atoms with E-state index in [9.17, 15) is 27.2 Å². The molecule has 1 aliphatic heterocycles. The molecule has 1 saturated heterocycles. The molecule has 0 saturated carbocycles. The average Bonchev–Trinajstić information content (AvgIpc) is 2.81. The Morgan fingerprint density at radius 2 is 1.97 bits per heavy atom. The zero-order valence-electron chi connectivity index (χ0n) is 17.9. The van der Waals surface area contributed by atoms with Gasteiger partial charge in [0.2, 0.25) is 5.91 Å². The van der Waals surface area contributed by atoms with Crippen LogP contribution in [-0.2, 0) is 14.3 Å². The highest BCUT2D eigenvalue weighted by atomic mass is 32.2. The van der Waals surface area contributed by atoms with Gasteiger partial charge in [-0.25, -0.2) is 14.4 Å². The van der Waals surface area contributed by atoms with E-state index in [0.29, 0.717) is 41.4 Å². The molecule has 1 fully saturated rings. The quantitative estimate of drug-likeness (QED) is 0.247. The number of hydrogen-bond acceptors (Lipinski definition) is 6. The number of halogens is 4. The van der Waals surface area contributed by atoms with Crippen molar-refractivity contribution in [2.24, 2.45) is 0 Å². The van der Waals surface area contributed by atoms with Gasteiger partial charge in [-0.15, -0.1) is 0 Å². The number of alkyl halides is 3. The summed E-state index contributed by atoms with van der Waals surface area (Å²) in [5.41, 5.74) is 1.93. The molecular formula is C22H23F4N3O3S. The van der Waals surface area contributed by atoms with E-state index in [0.717, 1.165) is 11.8 Å². The molecule has 11 heteroatoms. The number of carbonyl (C=O) groups is 2. The number of piperidine rings is 1. The SMILES string of the molecule is COC(=O)CSc1ncc(-c2ccc(F)cc2)c([C@H]2CCCN(C(=O)CCC(F)(F)F)C2)n1. The third-order valence-corrected chi connectivity index (χ3v) is 6.12. The highest BCUT2D eigenvalue weighted by Crippen LogP contribution is 2.35. The molecule has 0 N–H and O–H groups in total. The summed E-state index contributed by atoms with van der Waals surface area (Å²) in [6.45, 7) is 0.608. The van der Waals surface area contributed by atoms with Gasteiger partial charge in [0.25, 0.3) is 0 Å². The fourth-order valence-corrected chi connectivity index (χ4v) is 4.28. The second-order valence-electron chi connectivity index (χ2n) is 7.62. The van der Waals surface area contributed by atoms with Crippen molar-refractivity contribution in [3.05, 3.63) is 42.0 Å². The largest absolute Gasteiger partial charge is 0.468 e.